The molecular formula is C26H16BrClF7N3O3. The predicted octanol–water partition coefficient (Wildman–Crippen LogP) is 7.80. The lowest BCUT2D eigenvalue weighted by Gasteiger charge is -2.30. The fourth-order valence-corrected chi connectivity index (χ4v) is 4.67. The van der Waals surface area contributed by atoms with E-state index in [2.05, 4.69) is 21.2 Å². The van der Waals surface area contributed by atoms with Crippen LogP contribution in [0.4, 0.5) is 42.1 Å². The van der Waals surface area contributed by atoms with Gasteiger partial charge in [-0.25, -0.2) is 4.39 Å². The zero-order valence-electron chi connectivity index (χ0n) is 20.7. The van der Waals surface area contributed by atoms with Gasteiger partial charge in [-0.05, 0) is 64.5 Å². The maximum absolute atomic E-state index is 14.5. The minimum Gasteiger partial charge on any atom is -0.494 e. The van der Waals surface area contributed by atoms with Crippen molar-refractivity contribution in [3.63, 3.8) is 0 Å². The van der Waals surface area contributed by atoms with Crippen LogP contribution in [0.5, 0.6) is 5.75 Å². The van der Waals surface area contributed by atoms with Crippen LogP contribution < -0.4 is 15.0 Å². The molecule has 3 rings (SSSR count). The number of rotatable bonds is 6. The van der Waals surface area contributed by atoms with E-state index >= 15 is 0 Å². The largest absolute Gasteiger partial charge is 0.494 e. The number of para-hydroxylation sites is 1. The van der Waals surface area contributed by atoms with Crippen LogP contribution in [0.15, 0.2) is 59.1 Å². The van der Waals surface area contributed by atoms with E-state index in [0.29, 0.717) is 5.56 Å². The van der Waals surface area contributed by atoms with Crippen molar-refractivity contribution in [2.45, 2.75) is 18.0 Å². The van der Waals surface area contributed by atoms with Crippen LogP contribution in [-0.4, -0.2) is 38.3 Å². The number of amides is 2. The molecule has 0 heterocycles. The van der Waals surface area contributed by atoms with E-state index < -0.39 is 50.6 Å². The number of carbonyl (C=O) groups is 2. The van der Waals surface area contributed by atoms with Crippen molar-refractivity contribution >= 4 is 50.7 Å². The summed E-state index contributed by atoms with van der Waals surface area (Å²) in [5.74, 6) is -1.62. The fourth-order valence-electron chi connectivity index (χ4n) is 3.73. The second-order valence-electron chi connectivity index (χ2n) is 8.33. The molecule has 0 aliphatic carbocycles. The van der Waals surface area contributed by atoms with Gasteiger partial charge in [0.25, 0.3) is 11.8 Å². The Morgan fingerprint density at radius 3 is 2.07 bits per heavy atom. The van der Waals surface area contributed by atoms with Crippen molar-refractivity contribution in [2.75, 3.05) is 24.4 Å². The molecule has 0 atom stereocenters. The summed E-state index contributed by atoms with van der Waals surface area (Å²) in [6, 6.07) is 12.1. The molecule has 216 valence electrons. The van der Waals surface area contributed by atoms with Gasteiger partial charge in [0.2, 0.25) is 0 Å². The minimum absolute atomic E-state index is 0.112. The number of methoxy groups -OCH3 is 1. The van der Waals surface area contributed by atoms with Crippen molar-refractivity contribution in [3.8, 4) is 11.8 Å². The summed E-state index contributed by atoms with van der Waals surface area (Å²) in [7, 11) is 2.58. The average molecular weight is 667 g/mol. The Bertz CT molecular complexity index is 1500. The van der Waals surface area contributed by atoms with E-state index in [1.54, 1.807) is 0 Å². The topological polar surface area (TPSA) is 82.4 Å². The van der Waals surface area contributed by atoms with Crippen LogP contribution in [0.2, 0.25) is 5.02 Å². The van der Waals surface area contributed by atoms with E-state index in [0.717, 1.165) is 4.90 Å². The number of anilines is 2. The Morgan fingerprint density at radius 1 is 1.00 bits per heavy atom. The molecule has 0 bridgehead atoms. The molecular weight excluding hydrogens is 651 g/mol. The standard InChI is InChI=1S/C26H16BrClF7N3O3/c1-38(23(40)14-8-6-13(12-36)7-9-14)19-5-3-4-16(21(19)41-2)22(39)37-20-17(27)10-15(11-18(20)28)24(29,25(30,31)32)26(33,34)35/h3-11H,1-2H3,(H,37,39). The maximum atomic E-state index is 14.5. The molecule has 0 saturated carbocycles. The van der Waals surface area contributed by atoms with Gasteiger partial charge in [0.05, 0.1) is 40.7 Å². The lowest BCUT2D eigenvalue weighted by molar-refractivity contribution is -0.348. The van der Waals surface area contributed by atoms with Gasteiger partial charge in [-0.1, -0.05) is 17.7 Å². The first-order valence-corrected chi connectivity index (χ1v) is 12.2. The van der Waals surface area contributed by atoms with E-state index in [-0.39, 0.29) is 34.7 Å². The second kappa shape index (κ2) is 11.6. The van der Waals surface area contributed by atoms with Crippen molar-refractivity contribution in [1.82, 2.24) is 0 Å². The lowest BCUT2D eigenvalue weighted by atomic mass is 9.94. The molecule has 1 N–H and O–H groups in total. The number of nitriles is 1. The number of alkyl halides is 7. The highest BCUT2D eigenvalue weighted by Crippen LogP contribution is 2.54. The molecule has 41 heavy (non-hydrogen) atoms. The van der Waals surface area contributed by atoms with Gasteiger partial charge in [-0.3, -0.25) is 9.59 Å². The Balaban J connectivity index is 1.98. The van der Waals surface area contributed by atoms with Crippen molar-refractivity contribution in [1.29, 1.82) is 5.26 Å². The van der Waals surface area contributed by atoms with Gasteiger partial charge in [-0.2, -0.15) is 31.6 Å². The third kappa shape index (κ3) is 5.96. The van der Waals surface area contributed by atoms with Crippen LogP contribution >= 0.6 is 27.5 Å². The first-order valence-electron chi connectivity index (χ1n) is 11.1. The number of ether oxygens (including phenoxy) is 1. The summed E-state index contributed by atoms with van der Waals surface area (Å²) in [4.78, 5) is 27.3. The summed E-state index contributed by atoms with van der Waals surface area (Å²) in [6.45, 7) is 0. The zero-order chi connectivity index (χ0) is 30.9. The first-order chi connectivity index (χ1) is 19.0. The Kier molecular flexibility index (Phi) is 8.95. The van der Waals surface area contributed by atoms with Gasteiger partial charge in [0.15, 0.2) is 5.75 Å². The molecule has 6 nitrogen and oxygen atoms in total. The molecule has 2 amide bonds. The third-order valence-corrected chi connectivity index (χ3v) is 6.75. The Hall–Kier alpha value is -3.83. The molecule has 0 radical (unpaired) electrons. The van der Waals surface area contributed by atoms with E-state index in [4.69, 9.17) is 21.6 Å². The maximum Gasteiger partial charge on any atom is 0.435 e. The first kappa shape index (κ1) is 31.7. The zero-order valence-corrected chi connectivity index (χ0v) is 23.1. The third-order valence-electron chi connectivity index (χ3n) is 5.83. The van der Waals surface area contributed by atoms with Crippen molar-refractivity contribution in [3.05, 3.63) is 86.3 Å². The molecule has 0 saturated heterocycles. The second-order valence-corrected chi connectivity index (χ2v) is 9.60. The summed E-state index contributed by atoms with van der Waals surface area (Å²) >= 11 is 8.66. The number of halogens is 9. The SMILES string of the molecule is COc1c(C(=O)Nc2c(Cl)cc(C(F)(C(F)(F)F)C(F)(F)F)cc2Br)cccc1N(C)C(=O)c1ccc(C#N)cc1. The van der Waals surface area contributed by atoms with Crippen LogP contribution in [0.3, 0.4) is 0 Å². The minimum atomic E-state index is -6.37. The number of hydrogen-bond acceptors (Lipinski definition) is 4. The molecule has 0 aliphatic heterocycles. The molecule has 3 aromatic carbocycles. The molecule has 15 heteroatoms. The lowest BCUT2D eigenvalue weighted by Crippen LogP contribution is -2.50. The van der Waals surface area contributed by atoms with Gasteiger partial charge in [-0.15, -0.1) is 0 Å². The quantitative estimate of drug-likeness (QED) is 0.272. The van der Waals surface area contributed by atoms with Gasteiger partial charge in [0, 0.05) is 22.6 Å². The average Bonchev–Trinajstić information content (AvgIpc) is 2.91. The number of benzene rings is 3. The molecule has 0 aromatic heterocycles. The smallest absolute Gasteiger partial charge is 0.435 e. The normalized spacial score (nSPS) is 12.0. The molecule has 0 unspecified atom stereocenters. The highest BCUT2D eigenvalue weighted by Gasteiger charge is 2.73. The van der Waals surface area contributed by atoms with Crippen LogP contribution in [0, 0.1) is 11.3 Å². The van der Waals surface area contributed by atoms with E-state index in [9.17, 15) is 40.3 Å². The fraction of sp³-hybridized carbons (Fsp3) is 0.192. The number of nitrogens with zero attached hydrogens (tertiary/aromatic N) is 2. The predicted molar refractivity (Wildman–Crippen MR) is 139 cm³/mol. The number of carbonyl (C=O) groups excluding carboxylic acids is 2. The molecule has 0 fully saturated rings. The summed E-state index contributed by atoms with van der Waals surface area (Å²) < 4.78 is 98.4. The van der Waals surface area contributed by atoms with Crippen LogP contribution in [-0.2, 0) is 5.67 Å². The highest BCUT2D eigenvalue weighted by atomic mass is 79.9. The summed E-state index contributed by atoms with van der Waals surface area (Å²) in [5, 5.41) is 10.4. The highest BCUT2D eigenvalue weighted by molar-refractivity contribution is 9.10. The van der Waals surface area contributed by atoms with Crippen LogP contribution in [0.25, 0.3) is 0 Å². The van der Waals surface area contributed by atoms with E-state index in [1.807, 2.05) is 6.07 Å². The summed E-state index contributed by atoms with van der Waals surface area (Å²) in [6.07, 6.45) is -12.7. The van der Waals surface area contributed by atoms with Gasteiger partial charge >= 0.3 is 18.0 Å². The van der Waals surface area contributed by atoms with Crippen molar-refractivity contribution < 1.29 is 45.1 Å². The monoisotopic (exact) mass is 665 g/mol. The molecule has 0 aliphatic rings. The summed E-state index contributed by atoms with van der Waals surface area (Å²) in [5.41, 5.74) is -7.59. The van der Waals surface area contributed by atoms with E-state index in [1.165, 1.54) is 56.6 Å². The molecule has 3 aromatic rings. The van der Waals surface area contributed by atoms with Gasteiger partial charge < -0.3 is 15.0 Å². The Morgan fingerprint density at radius 2 is 1.59 bits per heavy atom. The molecule has 0 spiro atoms. The van der Waals surface area contributed by atoms with Crippen LogP contribution in [0.1, 0.15) is 31.8 Å². The number of hydrogen-bond donors (Lipinski definition) is 1. The number of nitrogens with one attached hydrogen (secondary N) is 1. The Labute approximate surface area is 241 Å². The van der Waals surface area contributed by atoms with Gasteiger partial charge in [0.1, 0.15) is 0 Å². The van der Waals surface area contributed by atoms with Crippen molar-refractivity contribution in [2.24, 2.45) is 0 Å².